The summed E-state index contributed by atoms with van der Waals surface area (Å²) in [6.07, 6.45) is 3.41. The maximum atomic E-state index is 10.1. The highest BCUT2D eigenvalue weighted by Crippen LogP contribution is 2.41. The minimum Gasteiger partial charge on any atom is -0.392 e. The number of hydrogen-bond acceptors (Lipinski definition) is 2. The Bertz CT molecular complexity index is 407. The van der Waals surface area contributed by atoms with Gasteiger partial charge >= 0.3 is 0 Å². The lowest BCUT2D eigenvalue weighted by atomic mass is 9.78. The molecule has 0 bridgehead atoms. The van der Waals surface area contributed by atoms with E-state index in [0.717, 1.165) is 41.8 Å². The second-order valence-corrected chi connectivity index (χ2v) is 5.65. The van der Waals surface area contributed by atoms with Crippen molar-refractivity contribution in [3.8, 4) is 0 Å². The van der Waals surface area contributed by atoms with Crippen LogP contribution in [-0.2, 0) is 6.42 Å². The first-order valence-electron chi connectivity index (χ1n) is 6.20. The van der Waals surface area contributed by atoms with Crippen LogP contribution >= 0.6 is 11.6 Å². The maximum absolute atomic E-state index is 10.1. The van der Waals surface area contributed by atoms with Gasteiger partial charge < -0.3 is 10.8 Å². The molecule has 0 radical (unpaired) electrons. The summed E-state index contributed by atoms with van der Waals surface area (Å²) in [5.74, 6) is 0. The van der Waals surface area contributed by atoms with Gasteiger partial charge in [0.2, 0.25) is 0 Å². The Balaban J connectivity index is 2.24. The number of hydrogen-bond donors (Lipinski definition) is 2. The van der Waals surface area contributed by atoms with E-state index in [0.29, 0.717) is 6.54 Å². The Hall–Kier alpha value is -0.570. The van der Waals surface area contributed by atoms with Gasteiger partial charge in [-0.15, -0.1) is 0 Å². The molecule has 2 unspecified atom stereocenters. The van der Waals surface area contributed by atoms with E-state index < -0.39 is 0 Å². The van der Waals surface area contributed by atoms with Crippen molar-refractivity contribution in [3.63, 3.8) is 0 Å². The molecule has 1 fully saturated rings. The van der Waals surface area contributed by atoms with Crippen LogP contribution in [0.2, 0.25) is 5.02 Å². The van der Waals surface area contributed by atoms with Gasteiger partial charge in [0, 0.05) is 17.0 Å². The third kappa shape index (κ3) is 2.49. The van der Waals surface area contributed by atoms with Gasteiger partial charge in [-0.3, -0.25) is 0 Å². The number of halogens is 1. The highest BCUT2D eigenvalue weighted by Gasteiger charge is 2.41. The maximum Gasteiger partial charge on any atom is 0.0611 e. The van der Waals surface area contributed by atoms with E-state index in [9.17, 15) is 5.11 Å². The summed E-state index contributed by atoms with van der Waals surface area (Å²) in [5, 5.41) is 10.9. The number of aliphatic hydroxyl groups excluding tert-OH is 1. The molecule has 0 aliphatic heterocycles. The summed E-state index contributed by atoms with van der Waals surface area (Å²) in [7, 11) is 0. The van der Waals surface area contributed by atoms with Gasteiger partial charge in [-0.05, 0) is 43.4 Å². The number of rotatable bonds is 3. The molecular weight excluding hydrogens is 234 g/mol. The molecule has 0 amide bonds. The molecular formula is C14H20ClNO. The van der Waals surface area contributed by atoms with Crippen LogP contribution in [0.25, 0.3) is 0 Å². The predicted molar refractivity (Wildman–Crippen MR) is 71.2 cm³/mol. The van der Waals surface area contributed by atoms with Gasteiger partial charge in [-0.25, -0.2) is 0 Å². The lowest BCUT2D eigenvalue weighted by Crippen LogP contribution is -2.39. The first-order valence-corrected chi connectivity index (χ1v) is 6.58. The molecule has 2 nitrogen and oxygen atoms in total. The van der Waals surface area contributed by atoms with Crippen LogP contribution in [0.3, 0.4) is 0 Å². The lowest BCUT2D eigenvalue weighted by Gasteiger charge is -2.31. The molecule has 1 aliphatic rings. The van der Waals surface area contributed by atoms with E-state index in [2.05, 4.69) is 12.1 Å². The van der Waals surface area contributed by atoms with E-state index in [1.54, 1.807) is 0 Å². The zero-order valence-corrected chi connectivity index (χ0v) is 11.0. The molecule has 1 aromatic carbocycles. The molecule has 1 saturated carbocycles. The average molecular weight is 254 g/mol. The van der Waals surface area contributed by atoms with Gasteiger partial charge in [0.05, 0.1) is 6.10 Å². The van der Waals surface area contributed by atoms with Crippen LogP contribution < -0.4 is 5.73 Å². The molecule has 1 aliphatic carbocycles. The van der Waals surface area contributed by atoms with E-state index in [-0.39, 0.29) is 11.5 Å². The van der Waals surface area contributed by atoms with E-state index >= 15 is 0 Å². The molecule has 0 spiro atoms. The van der Waals surface area contributed by atoms with Crippen LogP contribution in [-0.4, -0.2) is 17.8 Å². The van der Waals surface area contributed by atoms with E-state index in [1.807, 2.05) is 13.0 Å². The summed E-state index contributed by atoms with van der Waals surface area (Å²) in [5.41, 5.74) is 7.98. The summed E-state index contributed by atoms with van der Waals surface area (Å²) in [6, 6.07) is 6.09. The third-order valence-corrected chi connectivity index (χ3v) is 4.37. The van der Waals surface area contributed by atoms with E-state index in [1.165, 1.54) is 0 Å². The molecule has 3 heteroatoms. The lowest BCUT2D eigenvalue weighted by molar-refractivity contribution is 0.0588. The molecule has 0 aromatic heterocycles. The van der Waals surface area contributed by atoms with Gasteiger partial charge in [-0.1, -0.05) is 30.2 Å². The summed E-state index contributed by atoms with van der Waals surface area (Å²) >= 11 is 6.25. The summed E-state index contributed by atoms with van der Waals surface area (Å²) in [4.78, 5) is 0. The second-order valence-electron chi connectivity index (χ2n) is 5.25. The highest BCUT2D eigenvalue weighted by molar-refractivity contribution is 6.31. The number of aryl methyl sites for hydroxylation is 1. The van der Waals surface area contributed by atoms with Gasteiger partial charge in [0.15, 0.2) is 0 Å². The van der Waals surface area contributed by atoms with Crippen LogP contribution in [0, 0.1) is 12.3 Å². The fourth-order valence-corrected chi connectivity index (χ4v) is 3.11. The molecule has 17 heavy (non-hydrogen) atoms. The molecule has 3 N–H and O–H groups in total. The monoisotopic (exact) mass is 253 g/mol. The van der Waals surface area contributed by atoms with Crippen LogP contribution in [0.5, 0.6) is 0 Å². The van der Waals surface area contributed by atoms with Crippen LogP contribution in [0.1, 0.15) is 30.4 Å². The van der Waals surface area contributed by atoms with Gasteiger partial charge in [0.25, 0.3) is 0 Å². The Kier molecular flexibility index (Phi) is 3.76. The zero-order chi connectivity index (χ0) is 12.5. The third-order valence-electron chi connectivity index (χ3n) is 4.02. The topological polar surface area (TPSA) is 46.2 Å². The Morgan fingerprint density at radius 3 is 2.82 bits per heavy atom. The number of nitrogens with two attached hydrogens (primary N) is 1. The molecule has 2 atom stereocenters. The van der Waals surface area contributed by atoms with E-state index in [4.69, 9.17) is 17.3 Å². The van der Waals surface area contributed by atoms with Gasteiger partial charge in [-0.2, -0.15) is 0 Å². The minimum atomic E-state index is -0.287. The predicted octanol–water partition coefficient (Wildman–Crippen LogP) is 2.68. The van der Waals surface area contributed by atoms with Crippen molar-refractivity contribution in [2.75, 3.05) is 6.54 Å². The zero-order valence-electron chi connectivity index (χ0n) is 10.2. The fourth-order valence-electron chi connectivity index (χ4n) is 2.81. The van der Waals surface area contributed by atoms with Crippen molar-refractivity contribution in [3.05, 3.63) is 34.3 Å². The van der Waals surface area contributed by atoms with Crippen molar-refractivity contribution in [2.24, 2.45) is 11.1 Å². The van der Waals surface area contributed by atoms with Crippen molar-refractivity contribution >= 4 is 11.6 Å². The molecule has 0 heterocycles. The van der Waals surface area contributed by atoms with Crippen molar-refractivity contribution in [1.29, 1.82) is 0 Å². The first kappa shape index (κ1) is 12.9. The second kappa shape index (κ2) is 4.97. The van der Waals surface area contributed by atoms with Crippen LogP contribution in [0.4, 0.5) is 0 Å². The van der Waals surface area contributed by atoms with Crippen molar-refractivity contribution in [1.82, 2.24) is 0 Å². The summed E-state index contributed by atoms with van der Waals surface area (Å²) in [6.45, 7) is 2.55. The number of benzene rings is 1. The molecule has 0 saturated heterocycles. The van der Waals surface area contributed by atoms with Crippen molar-refractivity contribution in [2.45, 2.75) is 38.7 Å². The molecule has 1 aromatic rings. The SMILES string of the molecule is Cc1ccc(CC2(CN)CCCC2O)c(Cl)c1. The van der Waals surface area contributed by atoms with Crippen LogP contribution in [0.15, 0.2) is 18.2 Å². The Morgan fingerprint density at radius 2 is 2.29 bits per heavy atom. The quantitative estimate of drug-likeness (QED) is 0.870. The first-order chi connectivity index (χ1) is 8.07. The highest BCUT2D eigenvalue weighted by atomic mass is 35.5. The largest absolute Gasteiger partial charge is 0.392 e. The minimum absolute atomic E-state index is 0.168. The Labute approximate surface area is 108 Å². The fraction of sp³-hybridized carbons (Fsp3) is 0.571. The van der Waals surface area contributed by atoms with Gasteiger partial charge in [0.1, 0.15) is 0 Å². The summed E-state index contributed by atoms with van der Waals surface area (Å²) < 4.78 is 0. The number of aliphatic hydroxyl groups is 1. The standard InChI is InChI=1S/C14H20ClNO/c1-10-4-5-11(12(15)7-10)8-14(9-16)6-2-3-13(14)17/h4-5,7,13,17H,2-3,6,8-9,16H2,1H3. The smallest absolute Gasteiger partial charge is 0.0611 e. The Morgan fingerprint density at radius 1 is 1.53 bits per heavy atom. The molecule has 2 rings (SSSR count). The normalized spacial score (nSPS) is 28.6. The average Bonchev–Trinajstić information content (AvgIpc) is 2.65. The van der Waals surface area contributed by atoms with Crippen molar-refractivity contribution < 1.29 is 5.11 Å². The molecule has 94 valence electrons.